The van der Waals surface area contributed by atoms with Gasteiger partial charge in [0.25, 0.3) is 5.91 Å². The SMILES string of the molecule is CN[C@H](CC(C)C)C(=O)N[C@H]1C(=O)N[C@@H](CC(N)=O)C(=O)N[C@H]2C(=O)N[C@H]3C(=O)N[C@H](C(=O)N[C@@H](C(=O)NO)c4cc(O)cc(O)c4-c4cc3ccc4O)[C@H](O)c3ccc(c(Cl)c3)Oc3cc2cc(c3O[C@@H]2O[C@H](CO)[C@@H](O)[C@H](O)[C@H]2OC2C[C@](C)(NCCC3CCN(C(=O)Nc4ccc(OC(F)(F)F)cc4)CC3)[C@H](O)[C@H](C)O2)Oc2ccc(cc2Cl)[C@H]1O. The Balaban J connectivity index is 0.968. The number of nitrogens with two attached hydrogens (primary N) is 1. The lowest BCUT2D eigenvalue weighted by molar-refractivity contribution is -0.334. The fourth-order valence-electron chi connectivity index (χ4n) is 15.6. The quantitative estimate of drug-likeness (QED) is 0.0408. The van der Waals surface area contributed by atoms with E-state index in [1.807, 2.05) is 0 Å². The smallest absolute Gasteiger partial charge is 0.508 e. The highest BCUT2D eigenvalue weighted by Crippen LogP contribution is 2.50. The monoisotopic (exact) mass is 1780 g/mol. The zero-order chi connectivity index (χ0) is 89.8. The van der Waals surface area contributed by atoms with Gasteiger partial charge >= 0.3 is 12.4 Å². The first-order chi connectivity index (χ1) is 58.7. The van der Waals surface area contributed by atoms with Gasteiger partial charge < -0.3 is 138 Å². The van der Waals surface area contributed by atoms with E-state index in [1.165, 1.54) is 43.7 Å². The molecule has 22 N–H and O–H groups in total. The number of hydrogen-bond acceptors (Lipinski definition) is 28. The molecular weight excluding hydrogens is 1680 g/mol. The molecule has 43 heteroatoms. The fourth-order valence-corrected chi connectivity index (χ4v) is 16.1. The fraction of sp³-hybridized carbons (Fsp3) is 0.444. The van der Waals surface area contributed by atoms with Crippen LogP contribution in [-0.2, 0) is 52.6 Å². The highest BCUT2D eigenvalue weighted by atomic mass is 35.5. The molecule has 124 heavy (non-hydrogen) atoms. The number of likely N-dealkylation sites (tertiary alicyclic amines) is 1. The third-order valence-electron chi connectivity index (χ3n) is 22.2. The standard InChI is InChI=1S/C81H93Cl2F3N12O26/c1-33(2)22-47(88-5)71(109)95-62-64(104)37-7-14-51(45(82)24-37)119-53-26-39-27-54(68(53)123-78-69(67(107)66(106)55(32-99)121-78)122-57-31-80(4,70(108)34(3)118-57)89-19-16-35-17-20-98(21-18-35)79(116)90-40-9-11-42(12-10-40)124-81(84,85)86)120-52-15-8-38(25-46(52)83)65(105)63-76(114)94-61(77(115)97-117)44-28-41(100)29-50(102)58(44)43-23-36(6-13-49(43)101)59(73(111)96-63)93-74(112)60(39)92-72(110)48(30-56(87)103)91-75(62)113/h6-15,23-29,33-35,47-48,55,57,59-67,69-70,78,88-89,99-102,104-108,117H,16-22,30-32H2,1-5H3,(H2,87,103)(H,90,116)(H,91,113)(H,92,110)(H,93,112)(H,94,114)(H,95,109)(H,96,111)(H,97,115)/t34-,47+,48-,55+,57?,59+,60+,61+,62+,63-,64+,65+,66+,67-,69+,70+,78-,80-/m0/s1. The largest absolute Gasteiger partial charge is 0.573 e. The Morgan fingerprint density at radius 2 is 1.34 bits per heavy atom. The van der Waals surface area contributed by atoms with Gasteiger partial charge in [-0.2, -0.15) is 0 Å². The van der Waals surface area contributed by atoms with Crippen molar-refractivity contribution >= 4 is 82.2 Å². The number of phenolic OH excluding ortho intramolecular Hbond substituents is 3. The van der Waals surface area contributed by atoms with Crippen LogP contribution in [0.1, 0.15) is 124 Å². The number of hydroxylamine groups is 1. The molecule has 14 rings (SSSR count). The Hall–Kier alpha value is -11.2. The van der Waals surface area contributed by atoms with Gasteiger partial charge in [0.1, 0.15) is 101 Å². The Morgan fingerprint density at radius 1 is 0.718 bits per heavy atom. The van der Waals surface area contributed by atoms with Crippen LogP contribution in [0.2, 0.25) is 10.0 Å². The molecule has 10 amide bonds. The number of benzene rings is 6. The van der Waals surface area contributed by atoms with Gasteiger partial charge in [-0.3, -0.25) is 43.6 Å². The topological polar surface area (TPSA) is 570 Å². The molecule has 6 aromatic carbocycles. The summed E-state index contributed by atoms with van der Waals surface area (Å²) in [6.07, 6.45) is -22.5. The zero-order valence-electron chi connectivity index (χ0n) is 66.8. The molecule has 38 nitrogen and oxygen atoms in total. The zero-order valence-corrected chi connectivity index (χ0v) is 68.3. The number of aliphatic hydroxyl groups is 6. The highest BCUT2D eigenvalue weighted by Gasteiger charge is 2.53. The normalized spacial score (nSPS) is 27.1. The Labute approximate surface area is 714 Å². The molecule has 668 valence electrons. The summed E-state index contributed by atoms with van der Waals surface area (Å²) in [6.45, 7) is 6.72. The van der Waals surface area contributed by atoms with Gasteiger partial charge in [-0.15, -0.1) is 13.2 Å². The number of aliphatic hydroxyl groups excluding tert-OH is 6. The van der Waals surface area contributed by atoms with E-state index in [0.29, 0.717) is 32.4 Å². The van der Waals surface area contributed by atoms with E-state index in [4.69, 9.17) is 57.4 Å². The molecular formula is C81H93Cl2F3N12O26. The number of carbonyl (C=O) groups is 9. The van der Waals surface area contributed by atoms with Gasteiger partial charge in [-0.25, -0.2) is 10.3 Å². The van der Waals surface area contributed by atoms with E-state index < -0.39 is 260 Å². The summed E-state index contributed by atoms with van der Waals surface area (Å²) < 4.78 is 81.7. The van der Waals surface area contributed by atoms with Crippen LogP contribution in [-0.4, -0.2) is 228 Å². The van der Waals surface area contributed by atoms with E-state index in [1.54, 1.807) is 25.7 Å². The second-order valence-corrected chi connectivity index (χ2v) is 32.2. The third kappa shape index (κ3) is 20.9. The van der Waals surface area contributed by atoms with Crippen molar-refractivity contribution in [2.75, 3.05) is 38.6 Å². The van der Waals surface area contributed by atoms with Crippen LogP contribution >= 0.6 is 23.2 Å². The third-order valence-corrected chi connectivity index (χ3v) is 22.8. The summed E-state index contributed by atoms with van der Waals surface area (Å²) in [4.78, 5) is 134. The molecule has 0 saturated carbocycles. The average Bonchev–Trinajstić information content (AvgIpc) is 0.761. The predicted molar refractivity (Wildman–Crippen MR) is 426 cm³/mol. The molecule has 3 saturated heterocycles. The summed E-state index contributed by atoms with van der Waals surface area (Å²) >= 11 is 14.3. The number of carbonyl (C=O) groups excluding carboxylic acids is 9. The number of ether oxygens (including phenoxy) is 7. The molecule has 8 heterocycles. The maximum absolute atomic E-state index is 16.3. The second-order valence-electron chi connectivity index (χ2n) is 31.4. The van der Waals surface area contributed by atoms with Crippen molar-refractivity contribution in [2.45, 2.75) is 182 Å². The molecule has 8 aliphatic rings. The molecule has 18 atom stereocenters. The van der Waals surface area contributed by atoms with E-state index in [9.17, 15) is 88.3 Å². The molecule has 0 radical (unpaired) electrons. The van der Waals surface area contributed by atoms with Crippen molar-refractivity contribution in [1.29, 1.82) is 0 Å². The van der Waals surface area contributed by atoms with Crippen molar-refractivity contribution in [3.05, 3.63) is 141 Å². The number of fused-ring (bicyclic) bond motifs is 15. The molecule has 0 aliphatic carbocycles. The van der Waals surface area contributed by atoms with Crippen LogP contribution in [0.3, 0.4) is 0 Å². The molecule has 0 spiro atoms. The van der Waals surface area contributed by atoms with E-state index >= 15 is 19.2 Å². The number of halogens is 5. The molecule has 11 bridgehead atoms. The summed E-state index contributed by atoms with van der Waals surface area (Å²) in [6, 6.07) is 3.26. The number of aromatic hydroxyl groups is 3. The lowest BCUT2D eigenvalue weighted by Gasteiger charge is -2.48. The van der Waals surface area contributed by atoms with Gasteiger partial charge in [-0.05, 0) is 172 Å². The minimum absolute atomic E-state index is 0.0472. The summed E-state index contributed by atoms with van der Waals surface area (Å²) in [5, 5.41) is 139. The molecule has 6 aromatic rings. The van der Waals surface area contributed by atoms with Crippen LogP contribution in [0.25, 0.3) is 11.1 Å². The van der Waals surface area contributed by atoms with Crippen molar-refractivity contribution in [1.82, 2.24) is 52.9 Å². The van der Waals surface area contributed by atoms with Crippen LogP contribution in [0.15, 0.2) is 103 Å². The number of phenols is 3. The Bertz CT molecular complexity index is 5020. The number of nitrogens with zero attached hydrogens (tertiary/aromatic N) is 1. The summed E-state index contributed by atoms with van der Waals surface area (Å²) in [5.74, 6) is -16.4. The lowest BCUT2D eigenvalue weighted by Crippen LogP contribution is -2.65. The minimum Gasteiger partial charge on any atom is -0.508 e. The van der Waals surface area contributed by atoms with Crippen LogP contribution in [0.5, 0.6) is 51.7 Å². The maximum Gasteiger partial charge on any atom is 0.573 e. The Kier molecular flexibility index (Phi) is 28.6. The van der Waals surface area contributed by atoms with E-state index in [0.717, 1.165) is 78.9 Å². The number of rotatable bonds is 19. The number of primary amides is 1. The van der Waals surface area contributed by atoms with Crippen molar-refractivity contribution in [3.8, 4) is 62.9 Å². The summed E-state index contributed by atoms with van der Waals surface area (Å²) in [7, 11) is 1.46. The van der Waals surface area contributed by atoms with E-state index in [2.05, 4.69) is 52.6 Å². The Morgan fingerprint density at radius 3 is 1.94 bits per heavy atom. The maximum atomic E-state index is 16.3. The van der Waals surface area contributed by atoms with Crippen molar-refractivity contribution < 1.29 is 141 Å². The van der Waals surface area contributed by atoms with Crippen molar-refractivity contribution in [3.63, 3.8) is 0 Å². The van der Waals surface area contributed by atoms with Crippen LogP contribution < -0.4 is 78.0 Å². The van der Waals surface area contributed by atoms with Gasteiger partial charge in [-0.1, -0.05) is 55.2 Å². The number of nitrogens with one attached hydrogen (secondary N) is 10. The highest BCUT2D eigenvalue weighted by molar-refractivity contribution is 6.32. The molecule has 3 fully saturated rings. The molecule has 0 aromatic heterocycles. The van der Waals surface area contributed by atoms with Crippen molar-refractivity contribution in [2.24, 2.45) is 17.6 Å². The number of piperidine rings is 1. The lowest BCUT2D eigenvalue weighted by atomic mass is 9.84. The average molecular weight is 1780 g/mol. The number of anilines is 1. The number of hydrogen-bond donors (Lipinski definition) is 21. The molecule has 8 aliphatic heterocycles. The number of alkyl halides is 3. The van der Waals surface area contributed by atoms with Crippen LogP contribution in [0.4, 0.5) is 23.7 Å². The van der Waals surface area contributed by atoms with Gasteiger partial charge in [0, 0.05) is 47.9 Å². The van der Waals surface area contributed by atoms with E-state index in [-0.39, 0.29) is 59.3 Å². The predicted octanol–water partition coefficient (Wildman–Crippen LogP) is 3.39. The first kappa shape index (κ1) is 92.0. The number of urea groups is 1. The van der Waals surface area contributed by atoms with Gasteiger partial charge in [0.2, 0.25) is 53.4 Å². The minimum atomic E-state index is -4.91. The summed E-state index contributed by atoms with van der Waals surface area (Å²) in [5.41, 5.74) is 3.19. The molecule has 1 unspecified atom stereocenters. The van der Waals surface area contributed by atoms with Gasteiger partial charge in [0.05, 0.1) is 41.3 Å². The van der Waals surface area contributed by atoms with Gasteiger partial charge in [0.15, 0.2) is 23.9 Å². The number of amides is 10. The first-order valence-corrected chi connectivity index (χ1v) is 40.0. The number of likely N-dealkylation sites (N-methyl/N-ethyl adjacent to an activating group) is 1. The second kappa shape index (κ2) is 38.5. The van der Waals surface area contributed by atoms with Crippen LogP contribution in [0, 0.1) is 11.8 Å². The first-order valence-electron chi connectivity index (χ1n) is 39.3.